The fourth-order valence-corrected chi connectivity index (χ4v) is 0.358. The van der Waals surface area contributed by atoms with Crippen molar-refractivity contribution in [2.45, 2.75) is 12.3 Å². The molecule has 0 saturated heterocycles. The maximum atomic E-state index is 12.0. The number of esters is 1. The molecule has 0 aromatic rings. The fourth-order valence-electron chi connectivity index (χ4n) is 0.358. The van der Waals surface area contributed by atoms with Crippen LogP contribution in [0.3, 0.4) is 0 Å². The Kier molecular flexibility index (Phi) is 3.76. The minimum Gasteiger partial charge on any atom is -0.478 e. The van der Waals surface area contributed by atoms with E-state index in [1.54, 1.807) is 0 Å². The van der Waals surface area contributed by atoms with Crippen LogP contribution in [-0.4, -0.2) is 29.3 Å². The lowest BCUT2D eigenvalue weighted by Gasteiger charge is -2.17. The zero-order valence-corrected chi connectivity index (χ0v) is 6.72. The van der Waals surface area contributed by atoms with Crippen LogP contribution in [0.4, 0.5) is 22.0 Å². The quantitative estimate of drug-likeness (QED) is 0.454. The third kappa shape index (κ3) is 4.38. The predicted molar refractivity (Wildman–Crippen MR) is 33.9 cm³/mol. The van der Waals surface area contributed by atoms with E-state index in [2.05, 4.69) is 4.74 Å². The largest absolute Gasteiger partial charge is 0.501 e. The number of ether oxygens (including phenoxy) is 1. The maximum Gasteiger partial charge on any atom is 0.501 e. The molecule has 0 spiro atoms. The van der Waals surface area contributed by atoms with Gasteiger partial charge in [-0.2, -0.15) is 22.0 Å². The predicted octanol–water partition coefficient (Wildman–Crippen LogP) is 1.33. The van der Waals surface area contributed by atoms with E-state index in [0.717, 1.165) is 0 Å². The second-order valence-electron chi connectivity index (χ2n) is 2.11. The minimum absolute atomic E-state index is 0.0643. The summed E-state index contributed by atoms with van der Waals surface area (Å²) < 4.78 is 60.9. The van der Waals surface area contributed by atoms with Gasteiger partial charge < -0.3 is 9.84 Å². The molecule has 4 nitrogen and oxygen atoms in total. The number of carbonyl (C=O) groups excluding carboxylic acids is 1. The molecule has 0 rings (SSSR count). The third-order valence-electron chi connectivity index (χ3n) is 0.921. The van der Waals surface area contributed by atoms with E-state index >= 15 is 0 Å². The molecule has 0 aliphatic heterocycles. The van der Waals surface area contributed by atoms with Gasteiger partial charge in [0.1, 0.15) is 0 Å². The van der Waals surface area contributed by atoms with Gasteiger partial charge in [-0.05, 0) is 0 Å². The number of carboxylic acid groups (broad SMARTS) is 1. The highest BCUT2D eigenvalue weighted by molar-refractivity contribution is 5.90. The van der Waals surface area contributed by atoms with Crippen molar-refractivity contribution in [3.05, 3.63) is 12.2 Å². The number of rotatable bonds is 3. The molecule has 15 heavy (non-hydrogen) atoms. The van der Waals surface area contributed by atoms with Gasteiger partial charge in [0.25, 0.3) is 0 Å². The summed E-state index contributed by atoms with van der Waals surface area (Å²) in [4.78, 5) is 20.0. The fraction of sp³-hybridized carbons (Fsp3) is 0.333. The van der Waals surface area contributed by atoms with Crippen molar-refractivity contribution in [3.63, 3.8) is 0 Å². The first-order valence-corrected chi connectivity index (χ1v) is 3.15. The summed E-state index contributed by atoms with van der Waals surface area (Å²) in [5.74, 6) is -3.80. The molecule has 1 N–H and O–H groups in total. The van der Waals surface area contributed by atoms with Crippen LogP contribution in [-0.2, 0) is 14.3 Å². The van der Waals surface area contributed by atoms with Crippen molar-refractivity contribution in [3.8, 4) is 0 Å². The molecule has 0 aliphatic rings. The zero-order valence-electron chi connectivity index (χ0n) is 6.72. The van der Waals surface area contributed by atoms with Crippen molar-refractivity contribution in [2.75, 3.05) is 0 Å². The van der Waals surface area contributed by atoms with Crippen LogP contribution < -0.4 is 0 Å². The maximum absolute atomic E-state index is 12.0. The number of alkyl halides is 5. The van der Waals surface area contributed by atoms with Crippen molar-refractivity contribution in [1.82, 2.24) is 0 Å². The Morgan fingerprint density at radius 1 is 1.07 bits per heavy atom. The lowest BCUT2D eigenvalue weighted by Crippen LogP contribution is -2.40. The Labute approximate surface area is 78.9 Å². The molecule has 0 atom stereocenters. The first-order chi connectivity index (χ1) is 6.56. The highest BCUT2D eigenvalue weighted by Gasteiger charge is 2.61. The summed E-state index contributed by atoms with van der Waals surface area (Å²) in [7, 11) is 0. The summed E-state index contributed by atoms with van der Waals surface area (Å²) in [6.45, 7) is 0. The number of carboxylic acids is 1. The smallest absolute Gasteiger partial charge is 0.478 e. The van der Waals surface area contributed by atoms with E-state index in [1.807, 2.05) is 0 Å². The third-order valence-corrected chi connectivity index (χ3v) is 0.921. The van der Waals surface area contributed by atoms with Gasteiger partial charge in [0.2, 0.25) is 0 Å². The van der Waals surface area contributed by atoms with Gasteiger partial charge in [0.15, 0.2) is 0 Å². The Morgan fingerprint density at radius 2 is 1.53 bits per heavy atom. The Balaban J connectivity index is 4.49. The summed E-state index contributed by atoms with van der Waals surface area (Å²) in [6, 6.07) is 0. The molecule has 0 unspecified atom stereocenters. The van der Waals surface area contributed by atoms with Gasteiger partial charge in [0, 0.05) is 12.2 Å². The molecule has 0 fully saturated rings. The second-order valence-corrected chi connectivity index (χ2v) is 2.11. The molecule has 0 aromatic heterocycles. The van der Waals surface area contributed by atoms with Crippen LogP contribution >= 0.6 is 0 Å². The molecule has 9 heteroatoms. The number of hydrogen-bond donors (Lipinski definition) is 1. The molecular formula is C6H3F5O4. The molecule has 0 aliphatic carbocycles. The van der Waals surface area contributed by atoms with Gasteiger partial charge in [-0.25, -0.2) is 9.59 Å². The molecule has 0 saturated carbocycles. The lowest BCUT2D eigenvalue weighted by molar-refractivity contribution is -0.374. The SMILES string of the molecule is O=C(O)/C=C\C(=O)OC(F)(F)C(F)(F)F. The van der Waals surface area contributed by atoms with Gasteiger partial charge >= 0.3 is 24.2 Å². The Hall–Kier alpha value is -1.67. The number of carbonyl (C=O) groups is 2. The van der Waals surface area contributed by atoms with Crippen LogP contribution in [0.25, 0.3) is 0 Å². The molecular weight excluding hydrogens is 231 g/mol. The minimum atomic E-state index is -6.04. The van der Waals surface area contributed by atoms with Crippen molar-refractivity contribution in [2.24, 2.45) is 0 Å². The standard InChI is InChI=1S/C6H3F5O4/c7-5(8,9)6(10,11)15-4(14)2-1-3(12)13/h1-2H,(H,12,13)/b2-1-. The van der Waals surface area contributed by atoms with Crippen molar-refractivity contribution >= 4 is 11.9 Å². The average Bonchev–Trinajstić information content (AvgIpc) is 1.97. The lowest BCUT2D eigenvalue weighted by atomic mass is 10.5. The molecule has 0 heterocycles. The Morgan fingerprint density at radius 3 is 1.87 bits per heavy atom. The number of aliphatic carboxylic acids is 1. The van der Waals surface area contributed by atoms with E-state index in [9.17, 15) is 31.5 Å². The van der Waals surface area contributed by atoms with Gasteiger partial charge in [-0.3, -0.25) is 0 Å². The van der Waals surface area contributed by atoms with Gasteiger partial charge in [-0.15, -0.1) is 0 Å². The topological polar surface area (TPSA) is 63.6 Å². The van der Waals surface area contributed by atoms with E-state index < -0.39 is 24.2 Å². The van der Waals surface area contributed by atoms with Crippen LogP contribution in [0, 0.1) is 0 Å². The Bertz CT molecular complexity index is 292. The first kappa shape index (κ1) is 13.3. The highest BCUT2D eigenvalue weighted by Crippen LogP contribution is 2.36. The second kappa shape index (κ2) is 4.24. The van der Waals surface area contributed by atoms with Crippen LogP contribution in [0.5, 0.6) is 0 Å². The summed E-state index contributed by atoms with van der Waals surface area (Å²) >= 11 is 0. The monoisotopic (exact) mass is 234 g/mol. The van der Waals surface area contributed by atoms with E-state index in [4.69, 9.17) is 5.11 Å². The van der Waals surface area contributed by atoms with E-state index in [0.29, 0.717) is 0 Å². The van der Waals surface area contributed by atoms with E-state index in [1.165, 1.54) is 0 Å². The molecule has 86 valence electrons. The number of hydrogen-bond acceptors (Lipinski definition) is 3. The molecule has 0 radical (unpaired) electrons. The highest BCUT2D eigenvalue weighted by atomic mass is 19.4. The average molecular weight is 234 g/mol. The summed E-state index contributed by atoms with van der Waals surface area (Å²) in [6.07, 6.45) is -11.7. The van der Waals surface area contributed by atoms with Crippen LogP contribution in [0.1, 0.15) is 0 Å². The zero-order chi connectivity index (χ0) is 12.3. The molecule has 0 amide bonds. The number of halogens is 5. The van der Waals surface area contributed by atoms with Crippen LogP contribution in [0.2, 0.25) is 0 Å². The summed E-state index contributed by atoms with van der Waals surface area (Å²) in [5.41, 5.74) is 0. The van der Waals surface area contributed by atoms with Crippen molar-refractivity contribution in [1.29, 1.82) is 0 Å². The van der Waals surface area contributed by atoms with Crippen LogP contribution in [0.15, 0.2) is 12.2 Å². The van der Waals surface area contributed by atoms with Gasteiger partial charge in [-0.1, -0.05) is 0 Å². The van der Waals surface area contributed by atoms with Gasteiger partial charge in [0.05, 0.1) is 0 Å². The molecule has 0 aromatic carbocycles. The first-order valence-electron chi connectivity index (χ1n) is 3.15. The summed E-state index contributed by atoms with van der Waals surface area (Å²) in [5, 5.41) is 7.92. The normalized spacial score (nSPS) is 12.9. The molecule has 0 bridgehead atoms. The van der Waals surface area contributed by atoms with Crippen molar-refractivity contribution < 1.29 is 41.4 Å². The van der Waals surface area contributed by atoms with E-state index in [-0.39, 0.29) is 12.2 Å².